The van der Waals surface area contributed by atoms with E-state index in [0.717, 1.165) is 25.0 Å². The molecule has 0 amide bonds. The highest BCUT2D eigenvalue weighted by Gasteiger charge is 2.20. The number of nitrogens with zero attached hydrogens (tertiary/aromatic N) is 2. The Hall–Kier alpha value is -0.300. The zero-order valence-electron chi connectivity index (χ0n) is 12.5. The largest absolute Gasteiger partial charge is 0.355 e. The van der Waals surface area contributed by atoms with E-state index < -0.39 is 0 Å². The van der Waals surface area contributed by atoms with Crippen LogP contribution in [0.25, 0.3) is 0 Å². The van der Waals surface area contributed by atoms with Gasteiger partial charge in [-0.25, -0.2) is 0 Å². The molecule has 1 aliphatic rings. The zero-order valence-corrected chi connectivity index (χ0v) is 14.8. The van der Waals surface area contributed by atoms with E-state index in [2.05, 4.69) is 41.0 Å². The Kier molecular flexibility index (Phi) is 10.3. The summed E-state index contributed by atoms with van der Waals surface area (Å²) < 4.78 is 0. The SMILES string of the molecule is C=CCNC(=NC)NCC(C)N1CCCC(C)C1.I. The van der Waals surface area contributed by atoms with Crippen LogP contribution in [0, 0.1) is 5.92 Å². The summed E-state index contributed by atoms with van der Waals surface area (Å²) in [6, 6.07) is 0.551. The molecule has 1 saturated heterocycles. The van der Waals surface area contributed by atoms with Gasteiger partial charge >= 0.3 is 0 Å². The predicted molar refractivity (Wildman–Crippen MR) is 94.4 cm³/mol. The van der Waals surface area contributed by atoms with Gasteiger partial charge in [-0.05, 0) is 32.2 Å². The molecule has 2 atom stereocenters. The minimum absolute atomic E-state index is 0. The zero-order chi connectivity index (χ0) is 13.4. The van der Waals surface area contributed by atoms with Gasteiger partial charge in [-0.3, -0.25) is 9.89 Å². The quantitative estimate of drug-likeness (QED) is 0.332. The first-order valence-electron chi connectivity index (χ1n) is 6.96. The number of hydrogen-bond acceptors (Lipinski definition) is 2. The summed E-state index contributed by atoms with van der Waals surface area (Å²) in [6.45, 7) is 12.4. The topological polar surface area (TPSA) is 39.7 Å². The number of rotatable bonds is 5. The van der Waals surface area contributed by atoms with E-state index in [1.165, 1.54) is 25.9 Å². The van der Waals surface area contributed by atoms with Crippen LogP contribution in [0.3, 0.4) is 0 Å². The molecule has 1 fully saturated rings. The summed E-state index contributed by atoms with van der Waals surface area (Å²) in [5, 5.41) is 6.55. The minimum atomic E-state index is 0. The minimum Gasteiger partial charge on any atom is -0.355 e. The van der Waals surface area contributed by atoms with E-state index >= 15 is 0 Å². The molecule has 0 saturated carbocycles. The Labute approximate surface area is 135 Å². The van der Waals surface area contributed by atoms with Crippen molar-refractivity contribution in [2.45, 2.75) is 32.7 Å². The monoisotopic (exact) mass is 380 g/mol. The number of likely N-dealkylation sites (tertiary alicyclic amines) is 1. The first-order chi connectivity index (χ1) is 8.67. The van der Waals surface area contributed by atoms with Crippen LogP contribution in [-0.4, -0.2) is 50.1 Å². The Morgan fingerprint density at radius 3 is 2.84 bits per heavy atom. The number of hydrogen-bond donors (Lipinski definition) is 2. The summed E-state index contributed by atoms with van der Waals surface area (Å²) in [6.07, 6.45) is 4.54. The van der Waals surface area contributed by atoms with Gasteiger partial charge in [0.05, 0.1) is 0 Å². The van der Waals surface area contributed by atoms with Crippen molar-refractivity contribution in [3.8, 4) is 0 Å². The molecule has 0 aromatic heterocycles. The van der Waals surface area contributed by atoms with E-state index in [4.69, 9.17) is 0 Å². The molecule has 1 rings (SSSR count). The van der Waals surface area contributed by atoms with Crippen molar-refractivity contribution < 1.29 is 0 Å². The molecule has 4 nitrogen and oxygen atoms in total. The number of nitrogens with one attached hydrogen (secondary N) is 2. The highest BCUT2D eigenvalue weighted by molar-refractivity contribution is 14.0. The molecule has 19 heavy (non-hydrogen) atoms. The third kappa shape index (κ3) is 7.15. The molecule has 0 spiro atoms. The fourth-order valence-electron chi connectivity index (χ4n) is 2.39. The fraction of sp³-hybridized carbons (Fsp3) is 0.786. The summed E-state index contributed by atoms with van der Waals surface area (Å²) >= 11 is 0. The normalized spacial score (nSPS) is 22.3. The molecule has 5 heteroatoms. The average Bonchev–Trinajstić information content (AvgIpc) is 2.38. The number of guanidine groups is 1. The van der Waals surface area contributed by atoms with Gasteiger partial charge < -0.3 is 10.6 Å². The highest BCUT2D eigenvalue weighted by atomic mass is 127. The summed E-state index contributed by atoms with van der Waals surface area (Å²) in [5.74, 6) is 1.69. The van der Waals surface area contributed by atoms with Gasteiger partial charge in [-0.2, -0.15) is 0 Å². The van der Waals surface area contributed by atoms with Crippen molar-refractivity contribution >= 4 is 29.9 Å². The maximum absolute atomic E-state index is 4.19. The second-order valence-corrected chi connectivity index (χ2v) is 5.21. The van der Waals surface area contributed by atoms with Crippen molar-refractivity contribution in [3.63, 3.8) is 0 Å². The Bertz CT molecular complexity index is 281. The van der Waals surface area contributed by atoms with Crippen molar-refractivity contribution in [3.05, 3.63) is 12.7 Å². The van der Waals surface area contributed by atoms with Crippen LogP contribution in [0.1, 0.15) is 26.7 Å². The molecule has 1 aliphatic heterocycles. The molecular formula is C14H29IN4. The van der Waals surface area contributed by atoms with Crippen molar-refractivity contribution in [2.75, 3.05) is 33.2 Å². The Morgan fingerprint density at radius 1 is 1.53 bits per heavy atom. The van der Waals surface area contributed by atoms with Crippen molar-refractivity contribution in [1.29, 1.82) is 0 Å². The molecule has 0 aromatic rings. The highest BCUT2D eigenvalue weighted by Crippen LogP contribution is 2.17. The van der Waals surface area contributed by atoms with Crippen LogP contribution in [0.5, 0.6) is 0 Å². The van der Waals surface area contributed by atoms with Crippen LogP contribution in [0.15, 0.2) is 17.6 Å². The smallest absolute Gasteiger partial charge is 0.191 e. The molecule has 0 bridgehead atoms. The lowest BCUT2D eigenvalue weighted by Gasteiger charge is -2.35. The Morgan fingerprint density at radius 2 is 2.26 bits per heavy atom. The molecule has 2 N–H and O–H groups in total. The molecule has 2 unspecified atom stereocenters. The van der Waals surface area contributed by atoms with Gasteiger partial charge in [0.1, 0.15) is 0 Å². The van der Waals surface area contributed by atoms with Gasteiger partial charge in [0, 0.05) is 32.7 Å². The van der Waals surface area contributed by atoms with Gasteiger partial charge in [0.2, 0.25) is 0 Å². The predicted octanol–water partition coefficient (Wildman–Crippen LogP) is 2.08. The third-order valence-corrected chi connectivity index (χ3v) is 3.51. The van der Waals surface area contributed by atoms with Crippen LogP contribution in [-0.2, 0) is 0 Å². The lowest BCUT2D eigenvalue weighted by molar-refractivity contribution is 0.139. The molecule has 0 radical (unpaired) electrons. The first-order valence-corrected chi connectivity index (χ1v) is 6.96. The van der Waals surface area contributed by atoms with E-state index in [1.807, 2.05) is 6.08 Å². The second kappa shape index (κ2) is 10.5. The van der Waals surface area contributed by atoms with E-state index in [1.54, 1.807) is 7.05 Å². The van der Waals surface area contributed by atoms with Crippen LogP contribution >= 0.6 is 24.0 Å². The molecule has 112 valence electrons. The maximum Gasteiger partial charge on any atom is 0.191 e. The van der Waals surface area contributed by atoms with Gasteiger partial charge in [0.15, 0.2) is 5.96 Å². The van der Waals surface area contributed by atoms with E-state index in [-0.39, 0.29) is 24.0 Å². The second-order valence-electron chi connectivity index (χ2n) is 5.21. The first kappa shape index (κ1) is 18.7. The number of aliphatic imine (C=N–C) groups is 1. The maximum atomic E-state index is 4.19. The average molecular weight is 380 g/mol. The lowest BCUT2D eigenvalue weighted by atomic mass is 9.99. The van der Waals surface area contributed by atoms with Crippen LogP contribution in [0.2, 0.25) is 0 Å². The molecule has 0 aliphatic carbocycles. The Balaban J connectivity index is 0.00000324. The van der Waals surface area contributed by atoms with Crippen LogP contribution < -0.4 is 10.6 Å². The summed E-state index contributed by atoms with van der Waals surface area (Å²) in [4.78, 5) is 6.76. The standard InChI is InChI=1S/C14H28N4.HI/c1-5-8-16-14(15-4)17-10-13(3)18-9-6-7-12(2)11-18;/h5,12-13H,1,6-11H2,2-4H3,(H2,15,16,17);1H. The van der Waals surface area contributed by atoms with Crippen molar-refractivity contribution in [1.82, 2.24) is 15.5 Å². The van der Waals surface area contributed by atoms with Crippen molar-refractivity contribution in [2.24, 2.45) is 10.9 Å². The van der Waals surface area contributed by atoms with Crippen LogP contribution in [0.4, 0.5) is 0 Å². The van der Waals surface area contributed by atoms with Gasteiger partial charge in [-0.15, -0.1) is 30.6 Å². The number of piperidine rings is 1. The third-order valence-electron chi connectivity index (χ3n) is 3.51. The lowest BCUT2D eigenvalue weighted by Crippen LogP contribution is -2.48. The van der Waals surface area contributed by atoms with E-state index in [9.17, 15) is 0 Å². The molecule has 0 aromatic carbocycles. The fourth-order valence-corrected chi connectivity index (χ4v) is 2.39. The molecule has 1 heterocycles. The molecular weight excluding hydrogens is 351 g/mol. The van der Waals surface area contributed by atoms with Gasteiger partial charge in [-0.1, -0.05) is 13.0 Å². The van der Waals surface area contributed by atoms with Gasteiger partial charge in [0.25, 0.3) is 0 Å². The summed E-state index contributed by atoms with van der Waals surface area (Å²) in [5.41, 5.74) is 0. The summed E-state index contributed by atoms with van der Waals surface area (Å²) in [7, 11) is 1.80. The van der Waals surface area contributed by atoms with E-state index in [0.29, 0.717) is 6.04 Å². The number of halogens is 1.